The molecule has 0 atom stereocenters. The smallest absolute Gasteiger partial charge is 0.416 e. The highest BCUT2D eigenvalue weighted by Gasteiger charge is 2.45. The van der Waals surface area contributed by atoms with E-state index in [9.17, 15) is 31.2 Å². The number of hydrogen-bond acceptors (Lipinski definition) is 6. The summed E-state index contributed by atoms with van der Waals surface area (Å²) in [6, 6.07) is 15.2. The third-order valence-corrected chi connectivity index (χ3v) is 7.68. The molecule has 3 aromatic rings. The average Bonchev–Trinajstić information content (AvgIpc) is 2.79. The summed E-state index contributed by atoms with van der Waals surface area (Å²) < 4.78 is 78.1. The number of esters is 2. The lowest BCUT2D eigenvalue weighted by Gasteiger charge is -2.32. The highest BCUT2D eigenvalue weighted by molar-refractivity contribution is 7.91. The van der Waals surface area contributed by atoms with Crippen LogP contribution < -0.4 is 0 Å². The molecule has 0 aromatic heterocycles. The topological polar surface area (TPSA) is 86.7 Å². The fourth-order valence-electron chi connectivity index (χ4n) is 4.28. The van der Waals surface area contributed by atoms with Crippen molar-refractivity contribution in [3.63, 3.8) is 0 Å². The minimum Gasteiger partial charge on any atom is -0.419 e. The predicted molar refractivity (Wildman–Crippen MR) is 121 cm³/mol. The third-order valence-electron chi connectivity index (χ3n) is 5.85. The Kier molecular flexibility index (Phi) is 5.15. The van der Waals surface area contributed by atoms with Gasteiger partial charge in [0.1, 0.15) is 0 Å². The maximum Gasteiger partial charge on any atom is 0.416 e. The van der Waals surface area contributed by atoms with E-state index in [0.717, 1.165) is 6.07 Å². The second-order valence-electron chi connectivity index (χ2n) is 8.72. The molecule has 184 valence electrons. The number of ether oxygens (including phenoxy) is 2. The molecule has 2 aliphatic heterocycles. The number of carbonyl (C=O) groups is 2. The van der Waals surface area contributed by atoms with Crippen molar-refractivity contribution in [1.82, 2.24) is 0 Å². The standard InChI is InChI=1S/C26H17F3O6S/c1-25(2)34-23(30)22(24(31)35-25)21-17-10-8-15(14-6-4-3-5-7-14)12-19(17)36(32,33)20-13-16(26(27,28)29)9-11-18(20)21/h3-13H,1-2H3. The lowest BCUT2D eigenvalue weighted by atomic mass is 9.90. The Morgan fingerprint density at radius 1 is 0.722 bits per heavy atom. The van der Waals surface area contributed by atoms with Gasteiger partial charge in [-0.05, 0) is 29.3 Å². The number of fused-ring (bicyclic) bond motifs is 2. The molecule has 5 rings (SSSR count). The number of benzene rings is 3. The molecule has 0 spiro atoms. The van der Waals surface area contributed by atoms with Crippen molar-refractivity contribution in [2.45, 2.75) is 35.6 Å². The molecule has 0 N–H and O–H groups in total. The average molecular weight is 514 g/mol. The molecule has 0 amide bonds. The molecule has 1 saturated heterocycles. The molecule has 0 radical (unpaired) electrons. The van der Waals surface area contributed by atoms with E-state index in [-0.39, 0.29) is 21.6 Å². The fraction of sp³-hybridized carbons (Fsp3) is 0.154. The molecule has 0 unspecified atom stereocenters. The minimum absolute atomic E-state index is 0.0226. The molecule has 0 saturated carbocycles. The monoisotopic (exact) mass is 514 g/mol. The number of hydrogen-bond donors (Lipinski definition) is 0. The van der Waals surface area contributed by atoms with Gasteiger partial charge in [0, 0.05) is 30.5 Å². The summed E-state index contributed by atoms with van der Waals surface area (Å²) in [7, 11) is -4.48. The van der Waals surface area contributed by atoms with Crippen molar-refractivity contribution >= 4 is 27.3 Å². The molecule has 10 heteroatoms. The molecular weight excluding hydrogens is 497 g/mol. The van der Waals surface area contributed by atoms with E-state index in [1.54, 1.807) is 36.4 Å². The zero-order chi connectivity index (χ0) is 26.0. The van der Waals surface area contributed by atoms with Crippen molar-refractivity contribution in [1.29, 1.82) is 0 Å². The van der Waals surface area contributed by atoms with Crippen molar-refractivity contribution in [3.8, 4) is 11.1 Å². The first-order chi connectivity index (χ1) is 16.8. The van der Waals surface area contributed by atoms with Crippen LogP contribution in [0, 0.1) is 0 Å². The SMILES string of the molecule is CC1(C)OC(=O)C(=C2c3ccc(-c4ccccc4)cc3S(=O)(=O)c3cc(C(F)(F)F)ccc32)C(=O)O1. The largest absolute Gasteiger partial charge is 0.419 e. The minimum atomic E-state index is -4.82. The Morgan fingerprint density at radius 3 is 1.86 bits per heavy atom. The van der Waals surface area contributed by atoms with Crippen molar-refractivity contribution < 1.29 is 40.7 Å². The maximum absolute atomic E-state index is 13.6. The Hall–Kier alpha value is -3.92. The third kappa shape index (κ3) is 3.78. The van der Waals surface area contributed by atoms with Gasteiger partial charge in [-0.25, -0.2) is 18.0 Å². The zero-order valence-corrected chi connectivity index (χ0v) is 19.7. The summed E-state index contributed by atoms with van der Waals surface area (Å²) in [5.74, 6) is -3.72. The molecule has 2 heterocycles. The Labute approximate surface area is 203 Å². The molecule has 0 aliphatic carbocycles. The van der Waals surface area contributed by atoms with Crippen LogP contribution >= 0.6 is 0 Å². The molecule has 2 aliphatic rings. The Bertz CT molecular complexity index is 1560. The van der Waals surface area contributed by atoms with Gasteiger partial charge in [0.2, 0.25) is 9.84 Å². The van der Waals surface area contributed by atoms with Crippen LogP contribution in [-0.4, -0.2) is 26.1 Å². The van der Waals surface area contributed by atoms with Gasteiger partial charge in [-0.1, -0.05) is 48.5 Å². The van der Waals surface area contributed by atoms with E-state index in [2.05, 4.69) is 0 Å². The number of carbonyl (C=O) groups excluding carboxylic acids is 2. The number of rotatable bonds is 1. The van der Waals surface area contributed by atoms with Crippen molar-refractivity contribution in [3.05, 3.63) is 89.0 Å². The molecular formula is C26H17F3O6S. The predicted octanol–water partition coefficient (Wildman–Crippen LogP) is 5.16. The van der Waals surface area contributed by atoms with E-state index in [4.69, 9.17) is 9.47 Å². The molecule has 1 fully saturated rings. The van der Waals surface area contributed by atoms with Crippen LogP contribution in [0.4, 0.5) is 13.2 Å². The lowest BCUT2D eigenvalue weighted by molar-refractivity contribution is -0.222. The Balaban J connectivity index is 1.86. The van der Waals surface area contributed by atoms with Crippen LogP contribution in [0.2, 0.25) is 0 Å². The molecule has 3 aromatic carbocycles. The van der Waals surface area contributed by atoms with Crippen LogP contribution in [0.15, 0.2) is 82.1 Å². The summed E-state index contributed by atoms with van der Waals surface area (Å²) in [4.78, 5) is 24.8. The van der Waals surface area contributed by atoms with E-state index < -0.39 is 49.8 Å². The number of sulfone groups is 1. The van der Waals surface area contributed by atoms with Gasteiger partial charge in [-0.2, -0.15) is 13.2 Å². The summed E-state index contributed by atoms with van der Waals surface area (Å²) in [5, 5.41) is 0. The first kappa shape index (κ1) is 23.8. The van der Waals surface area contributed by atoms with E-state index in [1.807, 2.05) is 0 Å². The van der Waals surface area contributed by atoms with Gasteiger partial charge < -0.3 is 9.47 Å². The first-order valence-corrected chi connectivity index (χ1v) is 12.2. The van der Waals surface area contributed by atoms with Crippen LogP contribution in [0.5, 0.6) is 0 Å². The highest BCUT2D eigenvalue weighted by Crippen LogP contribution is 2.47. The van der Waals surface area contributed by atoms with Crippen LogP contribution in [0.1, 0.15) is 30.5 Å². The summed E-state index contributed by atoms with van der Waals surface area (Å²) in [6.45, 7) is 2.69. The number of halogens is 3. The van der Waals surface area contributed by atoms with Gasteiger partial charge in [-0.15, -0.1) is 0 Å². The second-order valence-corrected chi connectivity index (χ2v) is 10.6. The quantitative estimate of drug-likeness (QED) is 0.198. The van der Waals surface area contributed by atoms with Crippen LogP contribution in [0.3, 0.4) is 0 Å². The Morgan fingerprint density at radius 2 is 1.28 bits per heavy atom. The summed E-state index contributed by atoms with van der Waals surface area (Å²) >= 11 is 0. The molecule has 36 heavy (non-hydrogen) atoms. The van der Waals surface area contributed by atoms with Gasteiger partial charge >= 0.3 is 18.1 Å². The van der Waals surface area contributed by atoms with E-state index in [1.165, 1.54) is 26.0 Å². The van der Waals surface area contributed by atoms with Crippen molar-refractivity contribution in [2.75, 3.05) is 0 Å². The summed E-state index contributed by atoms with van der Waals surface area (Å²) in [6.07, 6.45) is -4.82. The van der Waals surface area contributed by atoms with Gasteiger partial charge in [0.25, 0.3) is 5.79 Å². The van der Waals surface area contributed by atoms with Gasteiger partial charge in [-0.3, -0.25) is 0 Å². The fourth-order valence-corrected chi connectivity index (χ4v) is 6.00. The van der Waals surface area contributed by atoms with Crippen molar-refractivity contribution in [2.24, 2.45) is 0 Å². The van der Waals surface area contributed by atoms with E-state index >= 15 is 0 Å². The molecule has 6 nitrogen and oxygen atoms in total. The number of cyclic esters (lactones) is 2. The van der Waals surface area contributed by atoms with Crippen LogP contribution in [-0.2, 0) is 35.1 Å². The first-order valence-electron chi connectivity index (χ1n) is 10.7. The molecule has 0 bridgehead atoms. The maximum atomic E-state index is 13.6. The lowest BCUT2D eigenvalue weighted by Crippen LogP contribution is -2.42. The normalized spacial score (nSPS) is 18.1. The van der Waals surface area contributed by atoms with Gasteiger partial charge in [0.15, 0.2) is 5.57 Å². The zero-order valence-electron chi connectivity index (χ0n) is 18.8. The van der Waals surface area contributed by atoms with Crippen LogP contribution in [0.25, 0.3) is 16.7 Å². The summed E-state index contributed by atoms with van der Waals surface area (Å²) in [5.41, 5.74) is -1.07. The highest BCUT2D eigenvalue weighted by atomic mass is 32.2. The van der Waals surface area contributed by atoms with Gasteiger partial charge in [0.05, 0.1) is 15.4 Å². The number of alkyl halides is 3. The second kappa shape index (κ2) is 7.79. The van der Waals surface area contributed by atoms with E-state index in [0.29, 0.717) is 23.3 Å².